The molecule has 2 aliphatic heterocycles. The van der Waals surface area contributed by atoms with Gasteiger partial charge >= 0.3 is 14.2 Å². The maximum absolute atomic E-state index is 6.62. The Morgan fingerprint density at radius 2 is 0.786 bits per heavy atom. The van der Waals surface area contributed by atoms with Gasteiger partial charge in [-0.1, -0.05) is 157 Å². The molecule has 56 heavy (non-hydrogen) atoms. The molecule has 0 N–H and O–H groups in total. The monoisotopic (exact) mass is 870 g/mol. The van der Waals surface area contributed by atoms with Gasteiger partial charge in [0.1, 0.15) is 0 Å². The van der Waals surface area contributed by atoms with Crippen molar-refractivity contribution in [3.63, 3.8) is 0 Å². The number of halogens is 1. The molecule has 7 heteroatoms. The van der Waals surface area contributed by atoms with E-state index in [2.05, 4.69) is 147 Å². The number of unbranched alkanes of at least 4 members (excludes halogenated alkanes) is 10. The zero-order valence-electron chi connectivity index (χ0n) is 36.7. The highest BCUT2D eigenvalue weighted by Gasteiger charge is 2.54. The summed E-state index contributed by atoms with van der Waals surface area (Å²) >= 11 is 2.84. The first kappa shape index (κ1) is 42.5. The van der Waals surface area contributed by atoms with E-state index in [4.69, 9.17) is 18.6 Å². The SMILES string of the molecule is CCCCCCCCC1(C)c2cc(B3OC(C)(C)C(C)(C)O3)ccc2-c2cc3c(cc21)-c1ccc(B2OC(C)(C)C(C)(C)O2)cc1C3(I)CCCCCCCC. The van der Waals surface area contributed by atoms with E-state index in [1.54, 1.807) is 0 Å². The van der Waals surface area contributed by atoms with Crippen LogP contribution in [0.25, 0.3) is 22.3 Å². The van der Waals surface area contributed by atoms with E-state index in [1.165, 1.54) is 122 Å². The summed E-state index contributed by atoms with van der Waals surface area (Å²) in [5.74, 6) is 0. The van der Waals surface area contributed by atoms with Gasteiger partial charge in [-0.15, -0.1) is 0 Å². The highest BCUT2D eigenvalue weighted by atomic mass is 127. The molecule has 0 saturated carbocycles. The van der Waals surface area contributed by atoms with E-state index in [9.17, 15) is 0 Å². The van der Waals surface area contributed by atoms with Gasteiger partial charge in [0.05, 0.1) is 25.8 Å². The van der Waals surface area contributed by atoms with Crippen LogP contribution >= 0.6 is 22.6 Å². The minimum atomic E-state index is -0.378. The van der Waals surface area contributed by atoms with Crippen LogP contribution in [0.4, 0.5) is 0 Å². The third-order valence-corrected chi connectivity index (χ3v) is 16.5. The van der Waals surface area contributed by atoms with Crippen LogP contribution in [-0.2, 0) is 27.5 Å². The molecule has 0 radical (unpaired) electrons. The number of hydrogen-bond acceptors (Lipinski definition) is 4. The first-order valence-corrected chi connectivity index (χ1v) is 23.4. The summed E-state index contributed by atoms with van der Waals surface area (Å²) in [5.41, 5.74) is 12.0. The predicted octanol–water partition coefficient (Wildman–Crippen LogP) is 12.7. The van der Waals surface area contributed by atoms with Crippen LogP contribution in [0, 0.1) is 0 Å². The summed E-state index contributed by atoms with van der Waals surface area (Å²) in [6.45, 7) is 24.3. The smallest absolute Gasteiger partial charge is 0.399 e. The molecule has 2 saturated heterocycles. The Kier molecular flexibility index (Phi) is 12.0. The molecule has 2 atom stereocenters. The lowest BCUT2D eigenvalue weighted by Crippen LogP contribution is -2.41. The fourth-order valence-corrected chi connectivity index (χ4v) is 11.0. The lowest BCUT2D eigenvalue weighted by molar-refractivity contribution is 0.00578. The molecule has 0 bridgehead atoms. The van der Waals surface area contributed by atoms with E-state index in [1.807, 2.05) is 0 Å². The molecule has 0 spiro atoms. The van der Waals surface area contributed by atoms with Crippen LogP contribution in [0.5, 0.6) is 0 Å². The summed E-state index contributed by atoms with van der Waals surface area (Å²) in [4.78, 5) is 0. The Morgan fingerprint density at radius 3 is 1.29 bits per heavy atom. The summed E-state index contributed by atoms with van der Waals surface area (Å²) < 4.78 is 26.3. The average molecular weight is 871 g/mol. The normalized spacial score (nSPS) is 24.7. The molecule has 3 aromatic rings. The molecule has 2 aliphatic carbocycles. The van der Waals surface area contributed by atoms with Crippen molar-refractivity contribution in [1.82, 2.24) is 0 Å². The Bertz CT molecular complexity index is 1750. The van der Waals surface area contributed by atoms with Crippen molar-refractivity contribution in [3.8, 4) is 22.3 Å². The minimum absolute atomic E-state index is 0.108. The van der Waals surface area contributed by atoms with Gasteiger partial charge in [-0.3, -0.25) is 0 Å². The van der Waals surface area contributed by atoms with Crippen molar-refractivity contribution in [3.05, 3.63) is 70.8 Å². The molecule has 2 fully saturated rings. The third kappa shape index (κ3) is 7.43. The number of hydrogen-bond donors (Lipinski definition) is 0. The number of rotatable bonds is 16. The molecule has 4 aliphatic rings. The Labute approximate surface area is 354 Å². The van der Waals surface area contributed by atoms with Crippen molar-refractivity contribution in [2.45, 2.75) is 197 Å². The quantitative estimate of drug-likeness (QED) is 0.0622. The van der Waals surface area contributed by atoms with Gasteiger partial charge in [-0.2, -0.15) is 0 Å². The van der Waals surface area contributed by atoms with Crippen LogP contribution < -0.4 is 10.9 Å². The molecule has 302 valence electrons. The fraction of sp³-hybridized carbons (Fsp3) is 0.633. The van der Waals surface area contributed by atoms with Gasteiger partial charge in [0, 0.05) is 5.41 Å². The van der Waals surface area contributed by atoms with Gasteiger partial charge in [-0.05, 0) is 136 Å². The Balaban J connectivity index is 1.30. The van der Waals surface area contributed by atoms with E-state index in [0.717, 1.165) is 23.8 Å². The lowest BCUT2D eigenvalue weighted by atomic mass is 9.72. The standard InChI is InChI=1S/C49H69B2IO4/c1-12-14-16-18-20-22-28-48(11)40-30-34(50-53-44(3,4)45(5,6)54-50)24-26-36(40)38-33-43-39(32-41(38)48)37-27-25-35(51-55-46(7,8)47(9,10)56-51)31-42(37)49(43,52)29-23-21-19-17-15-13-2/h24-27,30-33H,12-23,28-29H2,1-11H3. The van der Waals surface area contributed by atoms with Crippen LogP contribution in [-0.4, -0.2) is 36.6 Å². The van der Waals surface area contributed by atoms with E-state index in [-0.39, 0.29) is 45.5 Å². The molecular weight excluding hydrogens is 801 g/mol. The van der Waals surface area contributed by atoms with Crippen molar-refractivity contribution in [1.29, 1.82) is 0 Å². The third-order valence-electron chi connectivity index (χ3n) is 14.8. The highest BCUT2D eigenvalue weighted by molar-refractivity contribution is 14.1. The first-order valence-electron chi connectivity index (χ1n) is 22.3. The van der Waals surface area contributed by atoms with E-state index in [0.29, 0.717) is 0 Å². The molecule has 2 heterocycles. The maximum atomic E-state index is 6.62. The number of alkyl halides is 1. The van der Waals surface area contributed by atoms with Gasteiger partial charge in [0.25, 0.3) is 0 Å². The van der Waals surface area contributed by atoms with Gasteiger partial charge in [0.2, 0.25) is 0 Å². The second-order valence-electron chi connectivity index (χ2n) is 19.9. The molecule has 0 amide bonds. The average Bonchev–Trinajstić information content (AvgIpc) is 3.71. The summed E-state index contributed by atoms with van der Waals surface area (Å²) in [6.07, 6.45) is 17.8. The minimum Gasteiger partial charge on any atom is -0.399 e. The summed E-state index contributed by atoms with van der Waals surface area (Å²) in [6, 6.07) is 19.4. The zero-order valence-corrected chi connectivity index (χ0v) is 38.8. The van der Waals surface area contributed by atoms with Gasteiger partial charge < -0.3 is 18.6 Å². The molecule has 3 aromatic carbocycles. The predicted molar refractivity (Wildman–Crippen MR) is 246 cm³/mol. The molecule has 7 rings (SSSR count). The fourth-order valence-electron chi connectivity index (χ4n) is 9.70. The maximum Gasteiger partial charge on any atom is 0.494 e. The zero-order chi connectivity index (χ0) is 40.3. The first-order chi connectivity index (χ1) is 26.4. The van der Waals surface area contributed by atoms with Crippen LogP contribution in [0.3, 0.4) is 0 Å². The van der Waals surface area contributed by atoms with Crippen molar-refractivity contribution >= 4 is 47.8 Å². The summed E-state index contributed by atoms with van der Waals surface area (Å²) in [5, 5.41) is 0. The number of fused-ring (bicyclic) bond motifs is 6. The number of benzene rings is 3. The highest BCUT2D eigenvalue weighted by Crippen LogP contribution is 2.60. The molecule has 2 unspecified atom stereocenters. The molecule has 0 aromatic heterocycles. The molecular formula is C49H69B2IO4. The second kappa shape index (κ2) is 15.8. The van der Waals surface area contributed by atoms with Crippen molar-refractivity contribution in [2.75, 3.05) is 0 Å². The van der Waals surface area contributed by atoms with E-state index < -0.39 is 0 Å². The largest absolute Gasteiger partial charge is 0.494 e. The van der Waals surface area contributed by atoms with E-state index >= 15 is 0 Å². The Hall–Kier alpha value is -1.64. The van der Waals surface area contributed by atoms with Crippen molar-refractivity contribution in [2.24, 2.45) is 0 Å². The molecule has 4 nitrogen and oxygen atoms in total. The van der Waals surface area contributed by atoms with Gasteiger partial charge in [-0.25, -0.2) is 0 Å². The van der Waals surface area contributed by atoms with Crippen LogP contribution in [0.2, 0.25) is 0 Å². The van der Waals surface area contributed by atoms with Crippen LogP contribution in [0.1, 0.15) is 188 Å². The summed E-state index contributed by atoms with van der Waals surface area (Å²) in [7, 11) is -0.749. The van der Waals surface area contributed by atoms with Crippen LogP contribution in [0.15, 0.2) is 48.5 Å². The Morgan fingerprint density at radius 1 is 0.429 bits per heavy atom. The van der Waals surface area contributed by atoms with Gasteiger partial charge in [0.15, 0.2) is 0 Å². The second-order valence-corrected chi connectivity index (χ2v) is 21.7. The van der Waals surface area contributed by atoms with Crippen molar-refractivity contribution < 1.29 is 18.6 Å². The lowest BCUT2D eigenvalue weighted by Gasteiger charge is -2.32. The topological polar surface area (TPSA) is 36.9 Å².